The predicted octanol–water partition coefficient (Wildman–Crippen LogP) is 2.61. The van der Waals surface area contributed by atoms with Gasteiger partial charge in [-0.1, -0.05) is 41.9 Å². The molecule has 0 spiro atoms. The van der Waals surface area contributed by atoms with Crippen LogP contribution in [-0.2, 0) is 13.1 Å². The lowest BCUT2D eigenvalue weighted by Crippen LogP contribution is -2.29. The van der Waals surface area contributed by atoms with Gasteiger partial charge in [0.25, 0.3) is 0 Å². The number of carboxylic acids is 1. The summed E-state index contributed by atoms with van der Waals surface area (Å²) in [5.41, 5.74) is 2.72. The number of aromatic carboxylic acids is 1. The molecule has 2 aromatic rings. The molecule has 0 bridgehead atoms. The lowest BCUT2D eigenvalue weighted by atomic mass is 10.1. The summed E-state index contributed by atoms with van der Waals surface area (Å²) in [5, 5.41) is 12.9. The van der Waals surface area contributed by atoms with Crippen LogP contribution in [0.5, 0.6) is 0 Å². The summed E-state index contributed by atoms with van der Waals surface area (Å²) in [4.78, 5) is 11.4. The molecule has 0 amide bonds. The van der Waals surface area contributed by atoms with Gasteiger partial charge in [0.05, 0.1) is 10.7 Å². The van der Waals surface area contributed by atoms with Crippen molar-refractivity contribution in [3.63, 3.8) is 0 Å². The van der Waals surface area contributed by atoms with Gasteiger partial charge >= 0.3 is 5.97 Å². The smallest absolute Gasteiger partial charge is 0.339 e. The van der Waals surface area contributed by atoms with Gasteiger partial charge in [-0.05, 0) is 5.56 Å². The van der Waals surface area contributed by atoms with Crippen LogP contribution in [0.25, 0.3) is 11.3 Å². The molecule has 1 aliphatic rings. The lowest BCUT2D eigenvalue weighted by Gasteiger charge is -2.19. The molecule has 0 fully saturated rings. The number of fused-ring (bicyclic) bond motifs is 1. The van der Waals surface area contributed by atoms with E-state index in [2.05, 4.69) is 5.32 Å². The normalized spacial score (nSPS) is 14.2. The molecule has 1 aliphatic heterocycles. The maximum Gasteiger partial charge on any atom is 0.339 e. The van der Waals surface area contributed by atoms with E-state index in [0.29, 0.717) is 11.6 Å². The van der Waals surface area contributed by atoms with Crippen LogP contribution in [0.2, 0.25) is 5.02 Å². The number of halogens is 1. The van der Waals surface area contributed by atoms with Gasteiger partial charge in [0.1, 0.15) is 5.56 Å². The number of rotatable bonds is 2. The van der Waals surface area contributed by atoms with E-state index in [-0.39, 0.29) is 5.56 Å². The van der Waals surface area contributed by atoms with Crippen molar-refractivity contribution in [2.75, 3.05) is 6.54 Å². The molecule has 2 heterocycles. The van der Waals surface area contributed by atoms with Crippen LogP contribution in [0, 0.1) is 0 Å². The van der Waals surface area contributed by atoms with Gasteiger partial charge in [0.2, 0.25) is 0 Å². The third-order valence-corrected chi connectivity index (χ3v) is 3.75. The van der Waals surface area contributed by atoms with Crippen LogP contribution in [0.1, 0.15) is 16.1 Å². The summed E-state index contributed by atoms with van der Waals surface area (Å²) in [7, 11) is 0. The molecule has 3 rings (SSSR count). The summed E-state index contributed by atoms with van der Waals surface area (Å²) in [5.74, 6) is -0.973. The van der Waals surface area contributed by atoms with Gasteiger partial charge in [-0.2, -0.15) is 0 Å². The van der Waals surface area contributed by atoms with Gasteiger partial charge < -0.3 is 15.0 Å². The Morgan fingerprint density at radius 3 is 2.74 bits per heavy atom. The number of carboxylic acid groups (broad SMARTS) is 1. The van der Waals surface area contributed by atoms with Crippen molar-refractivity contribution in [1.82, 2.24) is 9.88 Å². The number of aromatic nitrogens is 1. The molecular formula is C14H13ClN2O2. The first-order valence-corrected chi connectivity index (χ1v) is 6.48. The van der Waals surface area contributed by atoms with Crippen molar-refractivity contribution in [3.05, 3.63) is 46.6 Å². The zero-order valence-corrected chi connectivity index (χ0v) is 10.9. The Morgan fingerprint density at radius 1 is 1.32 bits per heavy atom. The topological polar surface area (TPSA) is 54.3 Å². The van der Waals surface area contributed by atoms with Crippen LogP contribution in [0.3, 0.4) is 0 Å². The Labute approximate surface area is 115 Å². The Bertz CT molecular complexity index is 635. The maximum absolute atomic E-state index is 11.4. The molecule has 0 saturated heterocycles. The molecule has 5 heteroatoms. The first kappa shape index (κ1) is 12.3. The van der Waals surface area contributed by atoms with Gasteiger partial charge in [-0.15, -0.1) is 0 Å². The summed E-state index contributed by atoms with van der Waals surface area (Å²) in [6.07, 6.45) is 0. The summed E-state index contributed by atoms with van der Waals surface area (Å²) < 4.78 is 2.01. The predicted molar refractivity (Wildman–Crippen MR) is 73.5 cm³/mol. The van der Waals surface area contributed by atoms with Gasteiger partial charge in [-0.25, -0.2) is 4.79 Å². The van der Waals surface area contributed by atoms with Crippen LogP contribution < -0.4 is 5.32 Å². The molecule has 0 saturated carbocycles. The van der Waals surface area contributed by atoms with E-state index in [1.165, 1.54) is 0 Å². The molecule has 2 N–H and O–H groups in total. The summed E-state index contributed by atoms with van der Waals surface area (Å²) in [6.45, 7) is 2.08. The van der Waals surface area contributed by atoms with Crippen molar-refractivity contribution in [3.8, 4) is 11.3 Å². The van der Waals surface area contributed by atoms with E-state index >= 15 is 0 Å². The van der Waals surface area contributed by atoms with Gasteiger partial charge in [-0.3, -0.25) is 0 Å². The molecule has 1 aromatic heterocycles. The van der Waals surface area contributed by atoms with Gasteiger partial charge in [0.15, 0.2) is 0 Å². The molecule has 0 atom stereocenters. The highest BCUT2D eigenvalue weighted by Gasteiger charge is 2.27. The van der Waals surface area contributed by atoms with Crippen LogP contribution in [-0.4, -0.2) is 22.2 Å². The summed E-state index contributed by atoms with van der Waals surface area (Å²) >= 11 is 6.32. The number of hydrogen-bond donors (Lipinski definition) is 2. The average molecular weight is 277 g/mol. The second-order valence-electron chi connectivity index (χ2n) is 4.48. The first-order chi connectivity index (χ1) is 9.20. The number of nitrogens with one attached hydrogen (secondary N) is 1. The minimum absolute atomic E-state index is 0.215. The molecule has 19 heavy (non-hydrogen) atoms. The van der Waals surface area contributed by atoms with Gasteiger partial charge in [0, 0.05) is 25.3 Å². The van der Waals surface area contributed by atoms with Crippen molar-refractivity contribution in [1.29, 1.82) is 0 Å². The standard InChI is InChI=1S/C14H13ClN2O2/c15-12-11(14(18)19)10-8-16-6-7-17(10)13(12)9-4-2-1-3-5-9/h1-5,16H,6-8H2,(H,18,19). The Kier molecular flexibility index (Phi) is 3.05. The van der Waals surface area contributed by atoms with E-state index in [1.807, 2.05) is 34.9 Å². The number of nitrogens with zero attached hydrogens (tertiary/aromatic N) is 1. The van der Waals surface area contributed by atoms with Crippen molar-refractivity contribution >= 4 is 17.6 Å². The highest BCUT2D eigenvalue weighted by atomic mass is 35.5. The third-order valence-electron chi connectivity index (χ3n) is 3.38. The fraction of sp³-hybridized carbons (Fsp3) is 0.214. The minimum atomic E-state index is -0.973. The second kappa shape index (κ2) is 4.72. The number of carbonyl (C=O) groups is 1. The van der Waals surface area contributed by atoms with Crippen LogP contribution in [0.15, 0.2) is 30.3 Å². The highest BCUT2D eigenvalue weighted by Crippen LogP contribution is 2.36. The number of benzene rings is 1. The minimum Gasteiger partial charge on any atom is -0.478 e. The average Bonchev–Trinajstić information content (AvgIpc) is 2.71. The fourth-order valence-electron chi connectivity index (χ4n) is 2.56. The summed E-state index contributed by atoms with van der Waals surface area (Å²) in [6, 6.07) is 9.67. The molecule has 4 nitrogen and oxygen atoms in total. The Morgan fingerprint density at radius 2 is 2.05 bits per heavy atom. The van der Waals surface area contributed by atoms with Crippen molar-refractivity contribution < 1.29 is 9.90 Å². The quantitative estimate of drug-likeness (QED) is 0.886. The molecule has 1 aromatic carbocycles. The third kappa shape index (κ3) is 1.93. The van der Waals surface area contributed by atoms with E-state index < -0.39 is 5.97 Å². The monoisotopic (exact) mass is 276 g/mol. The Hall–Kier alpha value is -1.78. The van der Waals surface area contributed by atoms with Crippen molar-refractivity contribution in [2.45, 2.75) is 13.1 Å². The highest BCUT2D eigenvalue weighted by molar-refractivity contribution is 6.36. The SMILES string of the molecule is O=C(O)c1c(Cl)c(-c2ccccc2)n2c1CNCC2. The second-order valence-corrected chi connectivity index (χ2v) is 4.86. The zero-order valence-electron chi connectivity index (χ0n) is 10.2. The van der Waals surface area contributed by atoms with Crippen LogP contribution >= 0.6 is 11.6 Å². The van der Waals surface area contributed by atoms with Crippen molar-refractivity contribution in [2.24, 2.45) is 0 Å². The molecule has 98 valence electrons. The first-order valence-electron chi connectivity index (χ1n) is 6.10. The zero-order chi connectivity index (χ0) is 13.4. The van der Waals surface area contributed by atoms with E-state index in [0.717, 1.165) is 30.0 Å². The van der Waals surface area contributed by atoms with E-state index in [1.54, 1.807) is 0 Å². The maximum atomic E-state index is 11.4. The molecule has 0 aliphatic carbocycles. The molecule has 0 unspecified atom stereocenters. The lowest BCUT2D eigenvalue weighted by molar-refractivity contribution is 0.0695. The van der Waals surface area contributed by atoms with Crippen LogP contribution in [0.4, 0.5) is 0 Å². The molecular weight excluding hydrogens is 264 g/mol. The largest absolute Gasteiger partial charge is 0.478 e. The number of hydrogen-bond acceptors (Lipinski definition) is 2. The Balaban J connectivity index is 2.28. The van der Waals surface area contributed by atoms with E-state index in [9.17, 15) is 9.90 Å². The molecule has 0 radical (unpaired) electrons. The van der Waals surface area contributed by atoms with E-state index in [4.69, 9.17) is 11.6 Å². The fourth-order valence-corrected chi connectivity index (χ4v) is 2.96.